The number of carbonyl (C=O) groups excluding carboxylic acids is 1. The zero-order valence-corrected chi connectivity index (χ0v) is 12.0. The van der Waals surface area contributed by atoms with E-state index >= 15 is 0 Å². The van der Waals surface area contributed by atoms with E-state index in [2.05, 4.69) is 21.2 Å². The van der Waals surface area contributed by atoms with Crippen LogP contribution >= 0.6 is 27.5 Å². The number of aryl methyl sites for hydroxylation is 1. The number of nitrogens with one attached hydrogen (secondary N) is 1. The first-order chi connectivity index (χ1) is 8.60. The molecule has 2 nitrogen and oxygen atoms in total. The highest BCUT2D eigenvalue weighted by Crippen LogP contribution is 2.27. The van der Waals surface area contributed by atoms with Crippen molar-refractivity contribution in [3.05, 3.63) is 57.0 Å². The predicted octanol–water partition coefficient (Wildman–Crippen LogP) is 4.97. The summed E-state index contributed by atoms with van der Waals surface area (Å²) in [6.45, 7) is 1.98. The summed E-state index contributed by atoms with van der Waals surface area (Å²) in [5.41, 5.74) is 3.33. The molecule has 2 aromatic carbocycles. The number of carbonyl (C=O) groups is 1. The van der Waals surface area contributed by atoms with E-state index in [0.717, 1.165) is 27.7 Å². The van der Waals surface area contributed by atoms with Crippen LogP contribution in [-0.2, 0) is 0 Å². The number of benzene rings is 2. The predicted molar refractivity (Wildman–Crippen MR) is 79.0 cm³/mol. The fraction of sp³-hybridized carbons (Fsp3) is 0.0714. The van der Waals surface area contributed by atoms with Gasteiger partial charge in [-0.25, -0.2) is 0 Å². The van der Waals surface area contributed by atoms with Crippen LogP contribution in [0, 0.1) is 6.92 Å². The van der Waals surface area contributed by atoms with Gasteiger partial charge in [0.2, 0.25) is 0 Å². The summed E-state index contributed by atoms with van der Waals surface area (Å²) in [7, 11) is 0. The van der Waals surface area contributed by atoms with Crippen LogP contribution in [0.15, 0.2) is 40.9 Å². The zero-order valence-electron chi connectivity index (χ0n) is 9.71. The maximum Gasteiger partial charge on any atom is 0.152 e. The topological polar surface area (TPSA) is 29.1 Å². The molecule has 0 amide bonds. The van der Waals surface area contributed by atoms with Crippen molar-refractivity contribution in [3.63, 3.8) is 0 Å². The molecule has 2 rings (SSSR count). The zero-order chi connectivity index (χ0) is 13.1. The Labute approximate surface area is 119 Å². The van der Waals surface area contributed by atoms with Crippen LogP contribution in [0.4, 0.5) is 11.4 Å². The molecule has 92 valence electrons. The molecule has 18 heavy (non-hydrogen) atoms. The third-order valence-electron chi connectivity index (χ3n) is 2.61. The molecule has 0 heterocycles. The van der Waals surface area contributed by atoms with Gasteiger partial charge < -0.3 is 5.32 Å². The standard InChI is InChI=1S/C14H11BrClNO/c1-9-2-4-12(16)7-14(9)17-13-5-3-11(15)6-10(13)8-18/h2-8,17H,1H3. The Balaban J connectivity index is 2.39. The largest absolute Gasteiger partial charge is 0.355 e. The lowest BCUT2D eigenvalue weighted by molar-refractivity contribution is 0.112. The van der Waals surface area contributed by atoms with Gasteiger partial charge in [-0.05, 0) is 42.8 Å². The Hall–Kier alpha value is -1.32. The van der Waals surface area contributed by atoms with Crippen molar-refractivity contribution in [3.8, 4) is 0 Å². The van der Waals surface area contributed by atoms with E-state index in [1.54, 1.807) is 6.07 Å². The van der Waals surface area contributed by atoms with Crippen molar-refractivity contribution in [2.75, 3.05) is 5.32 Å². The maximum atomic E-state index is 11.0. The van der Waals surface area contributed by atoms with Crippen LogP contribution in [0.3, 0.4) is 0 Å². The normalized spacial score (nSPS) is 10.2. The highest BCUT2D eigenvalue weighted by molar-refractivity contribution is 9.10. The van der Waals surface area contributed by atoms with Gasteiger partial charge in [0, 0.05) is 26.4 Å². The summed E-state index contributed by atoms with van der Waals surface area (Å²) in [6.07, 6.45) is 0.826. The van der Waals surface area contributed by atoms with Crippen molar-refractivity contribution >= 4 is 45.2 Å². The molecule has 1 N–H and O–H groups in total. The third-order valence-corrected chi connectivity index (χ3v) is 3.34. The minimum absolute atomic E-state index is 0.601. The maximum absolute atomic E-state index is 11.0. The van der Waals surface area contributed by atoms with Gasteiger partial charge in [0.1, 0.15) is 0 Å². The Morgan fingerprint density at radius 1 is 1.17 bits per heavy atom. The van der Waals surface area contributed by atoms with E-state index in [0.29, 0.717) is 10.6 Å². The quantitative estimate of drug-likeness (QED) is 0.808. The van der Waals surface area contributed by atoms with Crippen molar-refractivity contribution in [2.45, 2.75) is 6.92 Å². The molecule has 0 fully saturated rings. The molecule has 0 spiro atoms. The lowest BCUT2D eigenvalue weighted by atomic mass is 10.1. The molecule has 0 bridgehead atoms. The van der Waals surface area contributed by atoms with Crippen LogP contribution in [0.25, 0.3) is 0 Å². The van der Waals surface area contributed by atoms with E-state index in [9.17, 15) is 4.79 Å². The van der Waals surface area contributed by atoms with Gasteiger partial charge in [0.25, 0.3) is 0 Å². The molecule has 0 saturated carbocycles. The van der Waals surface area contributed by atoms with E-state index in [1.165, 1.54) is 0 Å². The molecule has 0 atom stereocenters. The lowest BCUT2D eigenvalue weighted by Gasteiger charge is -2.12. The molecule has 0 radical (unpaired) electrons. The number of hydrogen-bond donors (Lipinski definition) is 1. The molecule has 0 aliphatic carbocycles. The molecule has 4 heteroatoms. The smallest absolute Gasteiger partial charge is 0.152 e. The molecule has 0 aliphatic rings. The van der Waals surface area contributed by atoms with Crippen LogP contribution in [-0.4, -0.2) is 6.29 Å². The van der Waals surface area contributed by atoms with Crippen molar-refractivity contribution in [1.29, 1.82) is 0 Å². The molecule has 0 aromatic heterocycles. The van der Waals surface area contributed by atoms with E-state index in [-0.39, 0.29) is 0 Å². The first-order valence-electron chi connectivity index (χ1n) is 5.38. The van der Waals surface area contributed by atoms with E-state index in [1.807, 2.05) is 37.3 Å². The van der Waals surface area contributed by atoms with Gasteiger partial charge in [-0.15, -0.1) is 0 Å². The number of aldehydes is 1. The van der Waals surface area contributed by atoms with E-state index < -0.39 is 0 Å². The Bertz CT molecular complexity index is 598. The second-order valence-corrected chi connectivity index (χ2v) is 5.29. The first-order valence-corrected chi connectivity index (χ1v) is 6.55. The molecule has 0 unspecified atom stereocenters. The molecule has 0 saturated heterocycles. The van der Waals surface area contributed by atoms with Crippen molar-refractivity contribution in [2.24, 2.45) is 0 Å². The highest BCUT2D eigenvalue weighted by Gasteiger charge is 2.05. The summed E-state index contributed by atoms with van der Waals surface area (Å²) < 4.78 is 0.873. The monoisotopic (exact) mass is 323 g/mol. The molecular formula is C14H11BrClNO. The average Bonchev–Trinajstić information content (AvgIpc) is 2.36. The van der Waals surface area contributed by atoms with Crippen molar-refractivity contribution < 1.29 is 4.79 Å². The van der Waals surface area contributed by atoms with Crippen LogP contribution in [0.2, 0.25) is 5.02 Å². The minimum Gasteiger partial charge on any atom is -0.355 e. The summed E-state index contributed by atoms with van der Waals surface area (Å²) >= 11 is 9.31. The Kier molecular flexibility index (Phi) is 4.04. The second kappa shape index (κ2) is 5.55. The highest BCUT2D eigenvalue weighted by atomic mass is 79.9. The minimum atomic E-state index is 0.601. The molecule has 2 aromatic rings. The first kappa shape index (κ1) is 13.1. The molecular weight excluding hydrogens is 314 g/mol. The summed E-state index contributed by atoms with van der Waals surface area (Å²) in [4.78, 5) is 11.0. The van der Waals surface area contributed by atoms with Gasteiger partial charge in [-0.3, -0.25) is 4.79 Å². The Morgan fingerprint density at radius 2 is 1.94 bits per heavy atom. The number of rotatable bonds is 3. The van der Waals surface area contributed by atoms with Crippen LogP contribution in [0.5, 0.6) is 0 Å². The fourth-order valence-corrected chi connectivity index (χ4v) is 2.17. The van der Waals surface area contributed by atoms with Gasteiger partial charge in [-0.1, -0.05) is 33.6 Å². The van der Waals surface area contributed by atoms with E-state index in [4.69, 9.17) is 11.6 Å². The average molecular weight is 325 g/mol. The fourth-order valence-electron chi connectivity index (χ4n) is 1.62. The summed E-state index contributed by atoms with van der Waals surface area (Å²) in [5.74, 6) is 0. The second-order valence-electron chi connectivity index (χ2n) is 3.93. The van der Waals surface area contributed by atoms with Crippen molar-refractivity contribution in [1.82, 2.24) is 0 Å². The third kappa shape index (κ3) is 2.92. The Morgan fingerprint density at radius 3 is 2.67 bits per heavy atom. The van der Waals surface area contributed by atoms with Gasteiger partial charge in [0.15, 0.2) is 6.29 Å². The SMILES string of the molecule is Cc1ccc(Cl)cc1Nc1ccc(Br)cc1C=O. The number of halogens is 2. The van der Waals surface area contributed by atoms with Crippen LogP contribution < -0.4 is 5.32 Å². The molecule has 0 aliphatic heterocycles. The lowest BCUT2D eigenvalue weighted by Crippen LogP contribution is -1.97. The van der Waals surface area contributed by atoms with Gasteiger partial charge in [0.05, 0.1) is 0 Å². The number of hydrogen-bond acceptors (Lipinski definition) is 2. The van der Waals surface area contributed by atoms with Crippen LogP contribution in [0.1, 0.15) is 15.9 Å². The summed E-state index contributed by atoms with van der Waals surface area (Å²) in [6, 6.07) is 11.1. The number of anilines is 2. The summed E-state index contributed by atoms with van der Waals surface area (Å²) in [5, 5.41) is 3.88. The van der Waals surface area contributed by atoms with Gasteiger partial charge in [-0.2, -0.15) is 0 Å². The van der Waals surface area contributed by atoms with Gasteiger partial charge >= 0.3 is 0 Å².